The predicted octanol–water partition coefficient (Wildman–Crippen LogP) is 2.79. The molecule has 2 aliphatic rings. The molecule has 0 unspecified atom stereocenters. The summed E-state index contributed by atoms with van der Waals surface area (Å²) in [5.74, 6) is 0.905. The third-order valence-electron chi connectivity index (χ3n) is 4.56. The minimum absolute atomic E-state index is 0.135. The summed E-state index contributed by atoms with van der Waals surface area (Å²) in [6.45, 7) is 0. The lowest BCUT2D eigenvalue weighted by Gasteiger charge is -2.48. The molecule has 1 saturated carbocycles. The highest BCUT2D eigenvalue weighted by atomic mass is 16.5. The third kappa shape index (κ3) is 1.78. The van der Waals surface area contributed by atoms with Crippen LogP contribution in [0.3, 0.4) is 0 Å². The number of anilines is 2. The molecule has 1 aliphatic heterocycles. The van der Waals surface area contributed by atoms with Gasteiger partial charge in [-0.25, -0.2) is 0 Å². The Hall–Kier alpha value is -1.71. The monoisotopic (exact) mass is 260 g/mol. The van der Waals surface area contributed by atoms with Crippen LogP contribution in [-0.2, 0) is 4.79 Å². The molecule has 3 rings (SSSR count). The Morgan fingerprint density at radius 3 is 2.68 bits per heavy atom. The molecule has 0 saturated heterocycles. The molecule has 0 atom stereocenters. The molecule has 1 aliphatic carbocycles. The lowest BCUT2D eigenvalue weighted by molar-refractivity contribution is -0.122. The van der Waals surface area contributed by atoms with Gasteiger partial charge in [0.2, 0.25) is 5.91 Å². The standard InChI is InChI=1S/C15H20N2O2/c1-17-13-7-6-11(19-2)10-12(13)16-14(18)15(17)8-4-3-5-9-15/h6-7,10H,3-5,8-9H2,1-2H3,(H,16,18). The molecular weight excluding hydrogens is 240 g/mol. The maximum Gasteiger partial charge on any atom is 0.250 e. The first kappa shape index (κ1) is 12.3. The number of benzene rings is 1. The highest BCUT2D eigenvalue weighted by molar-refractivity contribution is 6.06. The molecule has 4 nitrogen and oxygen atoms in total. The first-order valence-electron chi connectivity index (χ1n) is 6.91. The van der Waals surface area contributed by atoms with Crippen molar-refractivity contribution >= 4 is 17.3 Å². The van der Waals surface area contributed by atoms with Gasteiger partial charge in [0.1, 0.15) is 11.3 Å². The summed E-state index contributed by atoms with van der Waals surface area (Å²) < 4.78 is 5.22. The summed E-state index contributed by atoms with van der Waals surface area (Å²) in [4.78, 5) is 14.7. The maximum atomic E-state index is 12.6. The number of hydrogen-bond donors (Lipinski definition) is 1. The molecule has 19 heavy (non-hydrogen) atoms. The van der Waals surface area contributed by atoms with Crippen LogP contribution in [0.1, 0.15) is 32.1 Å². The molecule has 0 radical (unpaired) electrons. The van der Waals surface area contributed by atoms with E-state index in [9.17, 15) is 4.79 Å². The maximum absolute atomic E-state index is 12.6. The molecule has 1 N–H and O–H groups in total. The van der Waals surface area contributed by atoms with Crippen molar-refractivity contribution in [2.75, 3.05) is 24.4 Å². The van der Waals surface area contributed by atoms with E-state index in [-0.39, 0.29) is 11.4 Å². The summed E-state index contributed by atoms with van der Waals surface area (Å²) >= 11 is 0. The van der Waals surface area contributed by atoms with Crippen molar-refractivity contribution in [1.82, 2.24) is 0 Å². The number of nitrogens with zero attached hydrogens (tertiary/aromatic N) is 1. The highest BCUT2D eigenvalue weighted by Crippen LogP contribution is 2.43. The van der Waals surface area contributed by atoms with Crippen molar-refractivity contribution in [3.63, 3.8) is 0 Å². The van der Waals surface area contributed by atoms with E-state index in [1.165, 1.54) is 6.42 Å². The van der Waals surface area contributed by atoms with Crippen LogP contribution in [0.2, 0.25) is 0 Å². The summed E-state index contributed by atoms with van der Waals surface area (Å²) in [6.07, 6.45) is 5.38. The number of amides is 1. The van der Waals surface area contributed by atoms with Crippen LogP contribution in [0, 0.1) is 0 Å². The van der Waals surface area contributed by atoms with Gasteiger partial charge in [-0.1, -0.05) is 19.3 Å². The van der Waals surface area contributed by atoms with Gasteiger partial charge in [0.15, 0.2) is 0 Å². The van der Waals surface area contributed by atoms with E-state index in [1.807, 2.05) is 25.2 Å². The Labute approximate surface area is 113 Å². The molecular formula is C15H20N2O2. The fraction of sp³-hybridized carbons (Fsp3) is 0.533. The zero-order chi connectivity index (χ0) is 13.5. The fourth-order valence-electron chi connectivity index (χ4n) is 3.36. The van der Waals surface area contributed by atoms with Crippen molar-refractivity contribution in [3.05, 3.63) is 18.2 Å². The van der Waals surface area contributed by atoms with E-state index in [0.717, 1.165) is 42.8 Å². The summed E-state index contributed by atoms with van der Waals surface area (Å²) in [5.41, 5.74) is 1.59. The van der Waals surface area contributed by atoms with Crippen LogP contribution in [0.15, 0.2) is 18.2 Å². The van der Waals surface area contributed by atoms with Crippen molar-refractivity contribution in [1.29, 1.82) is 0 Å². The van der Waals surface area contributed by atoms with Crippen LogP contribution in [0.4, 0.5) is 11.4 Å². The van der Waals surface area contributed by atoms with Gasteiger partial charge in [-0.2, -0.15) is 0 Å². The van der Waals surface area contributed by atoms with Crippen molar-refractivity contribution in [2.24, 2.45) is 0 Å². The van der Waals surface area contributed by atoms with E-state index >= 15 is 0 Å². The third-order valence-corrected chi connectivity index (χ3v) is 4.56. The number of carbonyl (C=O) groups excluding carboxylic acids is 1. The fourth-order valence-corrected chi connectivity index (χ4v) is 3.36. The predicted molar refractivity (Wildman–Crippen MR) is 75.8 cm³/mol. The average Bonchev–Trinajstić information content (AvgIpc) is 2.46. The van der Waals surface area contributed by atoms with E-state index in [2.05, 4.69) is 10.2 Å². The van der Waals surface area contributed by atoms with Crippen LogP contribution in [0.5, 0.6) is 5.75 Å². The van der Waals surface area contributed by atoms with E-state index in [4.69, 9.17) is 4.74 Å². The smallest absolute Gasteiger partial charge is 0.250 e. The molecule has 1 amide bonds. The molecule has 1 heterocycles. The van der Waals surface area contributed by atoms with Gasteiger partial charge >= 0.3 is 0 Å². The number of likely N-dealkylation sites (N-methyl/N-ethyl adjacent to an activating group) is 1. The van der Waals surface area contributed by atoms with Crippen LogP contribution >= 0.6 is 0 Å². The van der Waals surface area contributed by atoms with Gasteiger partial charge in [-0.05, 0) is 25.0 Å². The normalized spacial score (nSPS) is 20.9. The number of carbonyl (C=O) groups is 1. The molecule has 1 fully saturated rings. The Kier molecular flexibility index (Phi) is 2.88. The van der Waals surface area contributed by atoms with Gasteiger partial charge in [-0.15, -0.1) is 0 Å². The number of nitrogens with one attached hydrogen (secondary N) is 1. The first-order chi connectivity index (χ1) is 9.17. The Balaban J connectivity index is 2.02. The molecule has 1 spiro atoms. The summed E-state index contributed by atoms with van der Waals surface area (Å²) in [5, 5.41) is 3.06. The van der Waals surface area contributed by atoms with Gasteiger partial charge in [0.25, 0.3) is 0 Å². The van der Waals surface area contributed by atoms with E-state index in [0.29, 0.717) is 0 Å². The molecule has 1 aromatic carbocycles. The molecule has 102 valence electrons. The van der Waals surface area contributed by atoms with Gasteiger partial charge < -0.3 is 15.0 Å². The van der Waals surface area contributed by atoms with Gasteiger partial charge in [0, 0.05) is 13.1 Å². The number of hydrogen-bond acceptors (Lipinski definition) is 3. The zero-order valence-corrected chi connectivity index (χ0v) is 11.5. The zero-order valence-electron chi connectivity index (χ0n) is 11.5. The van der Waals surface area contributed by atoms with Crippen molar-refractivity contribution in [2.45, 2.75) is 37.6 Å². The van der Waals surface area contributed by atoms with E-state index < -0.39 is 0 Å². The topological polar surface area (TPSA) is 41.6 Å². The second-order valence-electron chi connectivity index (χ2n) is 5.49. The number of fused-ring (bicyclic) bond motifs is 1. The second kappa shape index (κ2) is 4.44. The average molecular weight is 260 g/mol. The summed E-state index contributed by atoms with van der Waals surface area (Å²) in [6, 6.07) is 5.87. The van der Waals surface area contributed by atoms with Crippen LogP contribution in [0.25, 0.3) is 0 Å². The number of methoxy groups -OCH3 is 1. The van der Waals surface area contributed by atoms with Gasteiger partial charge in [0.05, 0.1) is 18.5 Å². The molecule has 1 aromatic rings. The molecule has 4 heteroatoms. The Morgan fingerprint density at radius 2 is 2.00 bits per heavy atom. The summed E-state index contributed by atoms with van der Waals surface area (Å²) in [7, 11) is 3.67. The number of rotatable bonds is 1. The Morgan fingerprint density at radius 1 is 1.26 bits per heavy atom. The van der Waals surface area contributed by atoms with E-state index in [1.54, 1.807) is 7.11 Å². The number of ether oxygens (including phenoxy) is 1. The lowest BCUT2D eigenvalue weighted by atomic mass is 9.78. The lowest BCUT2D eigenvalue weighted by Crippen LogP contribution is -2.59. The SMILES string of the molecule is COc1ccc2c(c1)NC(=O)C1(CCCCC1)N2C. The quantitative estimate of drug-likeness (QED) is 0.844. The van der Waals surface area contributed by atoms with Crippen molar-refractivity contribution in [3.8, 4) is 5.75 Å². The van der Waals surface area contributed by atoms with Gasteiger partial charge in [-0.3, -0.25) is 4.79 Å². The van der Waals surface area contributed by atoms with Crippen LogP contribution in [-0.4, -0.2) is 25.6 Å². The first-order valence-corrected chi connectivity index (χ1v) is 6.91. The molecule has 0 bridgehead atoms. The molecule has 0 aromatic heterocycles. The largest absolute Gasteiger partial charge is 0.497 e. The van der Waals surface area contributed by atoms with Crippen LogP contribution < -0.4 is 15.0 Å². The Bertz CT molecular complexity index is 507. The second-order valence-corrected chi connectivity index (χ2v) is 5.49. The van der Waals surface area contributed by atoms with Crippen molar-refractivity contribution < 1.29 is 9.53 Å². The highest BCUT2D eigenvalue weighted by Gasteiger charge is 2.46. The minimum atomic E-state index is -0.347. The minimum Gasteiger partial charge on any atom is -0.497 e.